The molecule has 4 saturated carbocycles. The molecule has 4 fully saturated rings. The van der Waals surface area contributed by atoms with E-state index in [1.807, 2.05) is 21.0 Å². The largest absolute Gasteiger partial charge is 0.347 e. The number of carbonyl (C=O) groups is 1. The maximum atomic E-state index is 12.1. The van der Waals surface area contributed by atoms with E-state index < -0.39 is 0 Å². The molecule has 0 heterocycles. The van der Waals surface area contributed by atoms with Crippen LogP contribution in [-0.4, -0.2) is 37.0 Å². The van der Waals surface area contributed by atoms with Crippen LogP contribution in [0.5, 0.6) is 0 Å². The molecular formula is C17H30N2O. The second kappa shape index (κ2) is 5.01. The molecule has 4 aliphatic carbocycles. The molecule has 0 saturated heterocycles. The van der Waals surface area contributed by atoms with Crippen LogP contribution in [0.25, 0.3) is 0 Å². The van der Waals surface area contributed by atoms with Gasteiger partial charge in [-0.15, -0.1) is 0 Å². The first-order valence-corrected chi connectivity index (χ1v) is 8.37. The normalized spacial score (nSPS) is 41.5. The Hall–Kier alpha value is -0.570. The minimum Gasteiger partial charge on any atom is -0.347 e. The quantitative estimate of drug-likeness (QED) is 0.857. The van der Waals surface area contributed by atoms with Crippen LogP contribution in [0.4, 0.5) is 0 Å². The third-order valence-electron chi connectivity index (χ3n) is 6.32. The lowest BCUT2D eigenvalue weighted by molar-refractivity contribution is -0.131. The molecule has 0 spiro atoms. The van der Waals surface area contributed by atoms with Gasteiger partial charge in [0.1, 0.15) is 0 Å². The van der Waals surface area contributed by atoms with E-state index in [4.69, 9.17) is 0 Å². The molecule has 3 heteroatoms. The van der Waals surface area contributed by atoms with Crippen molar-refractivity contribution in [3.63, 3.8) is 0 Å². The summed E-state index contributed by atoms with van der Waals surface area (Å²) in [4.78, 5) is 13.8. The number of rotatable bonds is 4. The molecule has 2 atom stereocenters. The van der Waals surface area contributed by atoms with E-state index in [-0.39, 0.29) is 11.9 Å². The fourth-order valence-corrected chi connectivity index (χ4v) is 5.72. The van der Waals surface area contributed by atoms with Crippen LogP contribution >= 0.6 is 0 Å². The van der Waals surface area contributed by atoms with Crippen molar-refractivity contribution >= 4 is 5.91 Å². The molecule has 0 aromatic rings. The molecule has 4 bridgehead atoms. The Bertz CT molecular complexity index is 355. The van der Waals surface area contributed by atoms with Gasteiger partial charge in [0.2, 0.25) is 5.91 Å². The molecule has 0 aromatic heterocycles. The zero-order chi connectivity index (χ0) is 14.5. The van der Waals surface area contributed by atoms with E-state index in [9.17, 15) is 4.79 Å². The summed E-state index contributed by atoms with van der Waals surface area (Å²) in [7, 11) is 3.69. The van der Waals surface area contributed by atoms with Gasteiger partial charge >= 0.3 is 0 Å². The standard InChI is InChI=1S/C17H30N2O/c1-11(16(20)19(3)4)18-12(2)17-8-13-5-14(9-17)7-15(6-13)10-17/h11-15,18H,5-10H2,1-4H3. The molecule has 20 heavy (non-hydrogen) atoms. The zero-order valence-electron chi connectivity index (χ0n) is 13.5. The van der Waals surface area contributed by atoms with Crippen LogP contribution in [0.3, 0.4) is 0 Å². The van der Waals surface area contributed by atoms with Gasteiger partial charge in [0.25, 0.3) is 0 Å². The Balaban J connectivity index is 1.68. The van der Waals surface area contributed by atoms with Gasteiger partial charge in [0, 0.05) is 20.1 Å². The van der Waals surface area contributed by atoms with Gasteiger partial charge in [-0.3, -0.25) is 4.79 Å². The topological polar surface area (TPSA) is 32.3 Å². The Morgan fingerprint density at radius 2 is 1.50 bits per heavy atom. The van der Waals surface area contributed by atoms with E-state index in [1.165, 1.54) is 38.5 Å². The van der Waals surface area contributed by atoms with E-state index >= 15 is 0 Å². The van der Waals surface area contributed by atoms with E-state index in [0.717, 1.165) is 17.8 Å². The van der Waals surface area contributed by atoms with E-state index in [1.54, 1.807) is 4.90 Å². The lowest BCUT2D eigenvalue weighted by Crippen LogP contribution is -2.57. The predicted octanol–water partition coefficient (Wildman–Crippen LogP) is 2.66. The zero-order valence-corrected chi connectivity index (χ0v) is 13.5. The van der Waals surface area contributed by atoms with Crippen LogP contribution in [0.15, 0.2) is 0 Å². The van der Waals surface area contributed by atoms with Crippen LogP contribution < -0.4 is 5.32 Å². The summed E-state index contributed by atoms with van der Waals surface area (Å²) in [6, 6.07) is 0.405. The highest BCUT2D eigenvalue weighted by atomic mass is 16.2. The van der Waals surface area contributed by atoms with Crippen molar-refractivity contribution in [2.45, 2.75) is 64.5 Å². The van der Waals surface area contributed by atoms with Crippen LogP contribution in [-0.2, 0) is 4.79 Å². The lowest BCUT2D eigenvalue weighted by atomic mass is 9.48. The summed E-state index contributed by atoms with van der Waals surface area (Å²) in [6.07, 6.45) is 8.65. The maximum Gasteiger partial charge on any atom is 0.238 e. The molecule has 0 aromatic carbocycles. The molecule has 0 radical (unpaired) electrons. The van der Waals surface area contributed by atoms with Gasteiger partial charge in [0.15, 0.2) is 0 Å². The third kappa shape index (κ3) is 2.38. The summed E-state index contributed by atoms with van der Waals surface area (Å²) >= 11 is 0. The Kier molecular flexibility index (Phi) is 3.60. The average molecular weight is 278 g/mol. The average Bonchev–Trinajstić information content (AvgIpc) is 2.35. The number of hydrogen-bond acceptors (Lipinski definition) is 2. The number of nitrogens with one attached hydrogen (secondary N) is 1. The van der Waals surface area contributed by atoms with Crippen LogP contribution in [0.1, 0.15) is 52.4 Å². The molecule has 4 rings (SSSR count). The highest BCUT2D eigenvalue weighted by molar-refractivity contribution is 5.80. The van der Waals surface area contributed by atoms with Gasteiger partial charge in [-0.05, 0) is 75.5 Å². The fourth-order valence-electron chi connectivity index (χ4n) is 5.72. The van der Waals surface area contributed by atoms with Gasteiger partial charge in [0.05, 0.1) is 6.04 Å². The van der Waals surface area contributed by atoms with Crippen molar-refractivity contribution in [3.05, 3.63) is 0 Å². The first-order valence-electron chi connectivity index (χ1n) is 8.37. The SMILES string of the molecule is CC(NC(C)C12CC3CC(CC(C3)C1)C2)C(=O)N(C)C. The number of amides is 1. The number of carbonyl (C=O) groups excluding carboxylic acids is 1. The third-order valence-corrected chi connectivity index (χ3v) is 6.32. The highest BCUT2D eigenvalue weighted by Gasteiger charge is 2.53. The molecule has 0 aliphatic heterocycles. The Morgan fingerprint density at radius 3 is 1.90 bits per heavy atom. The fraction of sp³-hybridized carbons (Fsp3) is 0.941. The van der Waals surface area contributed by atoms with Gasteiger partial charge in [-0.2, -0.15) is 0 Å². The molecule has 2 unspecified atom stereocenters. The summed E-state index contributed by atoms with van der Waals surface area (Å²) in [5.74, 6) is 3.13. The van der Waals surface area contributed by atoms with Crippen molar-refractivity contribution in [2.75, 3.05) is 14.1 Å². The Morgan fingerprint density at radius 1 is 1.05 bits per heavy atom. The second-order valence-electron chi connectivity index (χ2n) is 8.12. The van der Waals surface area contributed by atoms with E-state index in [2.05, 4.69) is 12.2 Å². The van der Waals surface area contributed by atoms with Crippen LogP contribution in [0.2, 0.25) is 0 Å². The predicted molar refractivity (Wildman–Crippen MR) is 81.4 cm³/mol. The Labute approximate surface area is 123 Å². The van der Waals surface area contributed by atoms with Crippen molar-refractivity contribution in [3.8, 4) is 0 Å². The van der Waals surface area contributed by atoms with Crippen molar-refractivity contribution in [1.82, 2.24) is 10.2 Å². The van der Waals surface area contributed by atoms with Crippen molar-refractivity contribution in [2.24, 2.45) is 23.2 Å². The number of hydrogen-bond donors (Lipinski definition) is 1. The molecule has 4 aliphatic rings. The molecular weight excluding hydrogens is 248 g/mol. The second-order valence-corrected chi connectivity index (χ2v) is 8.12. The monoisotopic (exact) mass is 278 g/mol. The van der Waals surface area contributed by atoms with Gasteiger partial charge in [-0.25, -0.2) is 0 Å². The minimum absolute atomic E-state index is 0.0620. The molecule has 114 valence electrons. The summed E-state index contributed by atoms with van der Waals surface area (Å²) in [6.45, 7) is 4.34. The smallest absolute Gasteiger partial charge is 0.238 e. The first-order chi connectivity index (χ1) is 9.39. The highest BCUT2D eigenvalue weighted by Crippen LogP contribution is 2.61. The summed E-state index contributed by atoms with van der Waals surface area (Å²) in [5, 5.41) is 3.63. The lowest BCUT2D eigenvalue weighted by Gasteiger charge is -2.59. The molecule has 1 amide bonds. The van der Waals surface area contributed by atoms with Crippen molar-refractivity contribution in [1.29, 1.82) is 0 Å². The maximum absolute atomic E-state index is 12.1. The first kappa shape index (κ1) is 14.4. The van der Waals surface area contributed by atoms with Gasteiger partial charge < -0.3 is 10.2 Å². The minimum atomic E-state index is -0.0620. The van der Waals surface area contributed by atoms with Crippen LogP contribution in [0, 0.1) is 23.2 Å². The number of nitrogens with zero attached hydrogens (tertiary/aromatic N) is 1. The van der Waals surface area contributed by atoms with E-state index in [0.29, 0.717) is 11.5 Å². The molecule has 3 nitrogen and oxygen atoms in total. The summed E-state index contributed by atoms with van der Waals surface area (Å²) in [5.41, 5.74) is 0.482. The molecule has 1 N–H and O–H groups in total. The van der Waals surface area contributed by atoms with Gasteiger partial charge in [-0.1, -0.05) is 0 Å². The van der Waals surface area contributed by atoms with Crippen molar-refractivity contribution < 1.29 is 4.79 Å². The number of likely N-dealkylation sites (N-methyl/N-ethyl adjacent to an activating group) is 1. The summed E-state index contributed by atoms with van der Waals surface area (Å²) < 4.78 is 0.